The van der Waals surface area contributed by atoms with Crippen molar-refractivity contribution in [3.05, 3.63) is 23.8 Å². The summed E-state index contributed by atoms with van der Waals surface area (Å²) in [7, 11) is 0. The molecule has 0 aromatic heterocycles. The molecule has 0 aliphatic carbocycles. The maximum atomic E-state index is 11.0. The first-order chi connectivity index (χ1) is 9.49. The lowest BCUT2D eigenvalue weighted by Crippen LogP contribution is -2.37. The van der Waals surface area contributed by atoms with Crippen LogP contribution in [0, 0.1) is 0 Å². The van der Waals surface area contributed by atoms with Gasteiger partial charge in [0, 0.05) is 12.1 Å². The third-order valence-electron chi connectivity index (χ3n) is 3.53. The van der Waals surface area contributed by atoms with Gasteiger partial charge in [-0.2, -0.15) is 0 Å². The SMILES string of the molecule is CC(C)N(CC(=O)O)C(C)c1ccc2c(c1)OCCO2. The van der Waals surface area contributed by atoms with E-state index >= 15 is 0 Å². The van der Waals surface area contributed by atoms with E-state index < -0.39 is 5.97 Å². The normalized spacial score (nSPS) is 15.4. The van der Waals surface area contributed by atoms with Crippen molar-refractivity contribution < 1.29 is 19.4 Å². The zero-order valence-electron chi connectivity index (χ0n) is 12.1. The van der Waals surface area contributed by atoms with Crippen LogP contribution in [0.2, 0.25) is 0 Å². The minimum Gasteiger partial charge on any atom is -0.486 e. The number of fused-ring (bicyclic) bond motifs is 1. The molecule has 1 unspecified atom stereocenters. The van der Waals surface area contributed by atoms with Crippen LogP contribution in [-0.4, -0.2) is 41.8 Å². The van der Waals surface area contributed by atoms with Crippen molar-refractivity contribution >= 4 is 5.97 Å². The summed E-state index contributed by atoms with van der Waals surface area (Å²) in [5, 5.41) is 9.03. The first-order valence-electron chi connectivity index (χ1n) is 6.86. The predicted molar refractivity (Wildman–Crippen MR) is 75.3 cm³/mol. The number of aliphatic carboxylic acids is 1. The van der Waals surface area contributed by atoms with Crippen molar-refractivity contribution in [3.63, 3.8) is 0 Å². The van der Waals surface area contributed by atoms with Crippen LogP contribution >= 0.6 is 0 Å². The molecule has 1 aromatic carbocycles. The lowest BCUT2D eigenvalue weighted by atomic mass is 10.0. The molecule has 5 heteroatoms. The van der Waals surface area contributed by atoms with E-state index in [-0.39, 0.29) is 18.6 Å². The summed E-state index contributed by atoms with van der Waals surface area (Å²) in [5.41, 5.74) is 1.03. The van der Waals surface area contributed by atoms with Crippen LogP contribution in [0.5, 0.6) is 11.5 Å². The lowest BCUT2D eigenvalue weighted by molar-refractivity contribution is -0.139. The Morgan fingerprint density at radius 1 is 1.25 bits per heavy atom. The Morgan fingerprint density at radius 3 is 2.50 bits per heavy atom. The maximum Gasteiger partial charge on any atom is 0.317 e. The molecule has 0 radical (unpaired) electrons. The molecule has 1 aliphatic rings. The highest BCUT2D eigenvalue weighted by Crippen LogP contribution is 2.34. The van der Waals surface area contributed by atoms with Gasteiger partial charge in [0.1, 0.15) is 13.2 Å². The molecule has 0 bridgehead atoms. The first kappa shape index (κ1) is 14.7. The second-order valence-electron chi connectivity index (χ2n) is 5.24. The molecule has 1 heterocycles. The quantitative estimate of drug-likeness (QED) is 0.896. The van der Waals surface area contributed by atoms with Crippen molar-refractivity contribution in [1.82, 2.24) is 4.90 Å². The number of hydrogen-bond donors (Lipinski definition) is 1. The second kappa shape index (κ2) is 6.13. The van der Waals surface area contributed by atoms with E-state index in [1.165, 1.54) is 0 Å². The number of nitrogens with zero attached hydrogens (tertiary/aromatic N) is 1. The molecule has 0 saturated heterocycles. The summed E-state index contributed by atoms with van der Waals surface area (Å²) in [6, 6.07) is 5.95. The summed E-state index contributed by atoms with van der Waals surface area (Å²) in [6.07, 6.45) is 0. The van der Waals surface area contributed by atoms with Gasteiger partial charge in [-0.3, -0.25) is 9.69 Å². The average molecular weight is 279 g/mol. The van der Waals surface area contributed by atoms with Crippen LogP contribution in [0.1, 0.15) is 32.4 Å². The number of carboxylic acids is 1. The van der Waals surface area contributed by atoms with Crippen LogP contribution in [0.3, 0.4) is 0 Å². The highest BCUT2D eigenvalue weighted by molar-refractivity contribution is 5.69. The molecule has 0 fully saturated rings. The van der Waals surface area contributed by atoms with E-state index in [0.717, 1.165) is 17.1 Å². The molecule has 1 aliphatic heterocycles. The molecule has 0 spiro atoms. The molecule has 110 valence electrons. The number of ether oxygens (including phenoxy) is 2. The van der Waals surface area contributed by atoms with E-state index in [1.54, 1.807) is 0 Å². The van der Waals surface area contributed by atoms with E-state index in [0.29, 0.717) is 13.2 Å². The Morgan fingerprint density at radius 2 is 1.90 bits per heavy atom. The van der Waals surface area contributed by atoms with E-state index in [1.807, 2.05) is 43.9 Å². The van der Waals surface area contributed by atoms with Gasteiger partial charge in [-0.15, -0.1) is 0 Å². The number of hydrogen-bond acceptors (Lipinski definition) is 4. The Labute approximate surface area is 119 Å². The topological polar surface area (TPSA) is 59.0 Å². The highest BCUT2D eigenvalue weighted by Gasteiger charge is 2.23. The molecular formula is C15H21NO4. The standard InChI is InChI=1S/C15H21NO4/c1-10(2)16(9-15(17)18)11(3)12-4-5-13-14(8-12)20-7-6-19-13/h4-5,8,10-11H,6-7,9H2,1-3H3,(H,17,18). The minimum absolute atomic E-state index is 0.00178. The summed E-state index contributed by atoms with van der Waals surface area (Å²) in [4.78, 5) is 12.9. The molecule has 2 rings (SSSR count). The zero-order valence-corrected chi connectivity index (χ0v) is 12.1. The Bertz CT molecular complexity index is 487. The van der Waals surface area contributed by atoms with Gasteiger partial charge in [0.15, 0.2) is 11.5 Å². The molecule has 0 amide bonds. The largest absolute Gasteiger partial charge is 0.486 e. The fourth-order valence-corrected chi connectivity index (χ4v) is 2.43. The molecule has 1 aromatic rings. The molecule has 20 heavy (non-hydrogen) atoms. The van der Waals surface area contributed by atoms with Gasteiger partial charge < -0.3 is 14.6 Å². The van der Waals surface area contributed by atoms with Crippen LogP contribution in [0.4, 0.5) is 0 Å². The zero-order chi connectivity index (χ0) is 14.7. The van der Waals surface area contributed by atoms with Crippen molar-refractivity contribution in [2.45, 2.75) is 32.9 Å². The van der Waals surface area contributed by atoms with Crippen LogP contribution in [-0.2, 0) is 4.79 Å². The third kappa shape index (κ3) is 3.22. The van der Waals surface area contributed by atoms with Crippen molar-refractivity contribution in [3.8, 4) is 11.5 Å². The van der Waals surface area contributed by atoms with Gasteiger partial charge in [-0.05, 0) is 38.5 Å². The van der Waals surface area contributed by atoms with E-state index in [4.69, 9.17) is 14.6 Å². The van der Waals surface area contributed by atoms with Gasteiger partial charge in [-0.1, -0.05) is 6.07 Å². The Balaban J connectivity index is 2.22. The Kier molecular flexibility index (Phi) is 4.49. The molecule has 1 atom stereocenters. The van der Waals surface area contributed by atoms with Gasteiger partial charge in [-0.25, -0.2) is 0 Å². The number of benzene rings is 1. The van der Waals surface area contributed by atoms with Gasteiger partial charge in [0.05, 0.1) is 6.54 Å². The lowest BCUT2D eigenvalue weighted by Gasteiger charge is -2.32. The van der Waals surface area contributed by atoms with Crippen molar-refractivity contribution in [2.24, 2.45) is 0 Å². The third-order valence-corrected chi connectivity index (χ3v) is 3.53. The minimum atomic E-state index is -0.817. The highest BCUT2D eigenvalue weighted by atomic mass is 16.6. The number of carboxylic acid groups (broad SMARTS) is 1. The second-order valence-corrected chi connectivity index (χ2v) is 5.24. The predicted octanol–water partition coefficient (Wildman–Crippen LogP) is 2.31. The van der Waals surface area contributed by atoms with Crippen molar-refractivity contribution in [1.29, 1.82) is 0 Å². The van der Waals surface area contributed by atoms with Crippen LogP contribution in [0.15, 0.2) is 18.2 Å². The van der Waals surface area contributed by atoms with E-state index in [9.17, 15) is 4.79 Å². The van der Waals surface area contributed by atoms with Crippen LogP contribution in [0.25, 0.3) is 0 Å². The fraction of sp³-hybridized carbons (Fsp3) is 0.533. The number of rotatable bonds is 5. The Hall–Kier alpha value is -1.75. The summed E-state index contributed by atoms with van der Waals surface area (Å²) in [6.45, 7) is 7.14. The van der Waals surface area contributed by atoms with Gasteiger partial charge in [0.25, 0.3) is 0 Å². The monoisotopic (exact) mass is 279 g/mol. The molecule has 5 nitrogen and oxygen atoms in total. The van der Waals surface area contributed by atoms with Crippen molar-refractivity contribution in [2.75, 3.05) is 19.8 Å². The van der Waals surface area contributed by atoms with Gasteiger partial charge >= 0.3 is 5.97 Å². The first-order valence-corrected chi connectivity index (χ1v) is 6.86. The maximum absolute atomic E-state index is 11.0. The average Bonchev–Trinajstić information content (AvgIpc) is 2.43. The molecular weight excluding hydrogens is 258 g/mol. The van der Waals surface area contributed by atoms with Gasteiger partial charge in [0.2, 0.25) is 0 Å². The number of carbonyl (C=O) groups is 1. The summed E-state index contributed by atoms with van der Waals surface area (Å²) < 4.78 is 11.1. The summed E-state index contributed by atoms with van der Waals surface area (Å²) >= 11 is 0. The molecule has 0 saturated carbocycles. The fourth-order valence-electron chi connectivity index (χ4n) is 2.43. The molecule has 1 N–H and O–H groups in total. The van der Waals surface area contributed by atoms with Crippen LogP contribution < -0.4 is 9.47 Å². The van der Waals surface area contributed by atoms with E-state index in [2.05, 4.69) is 0 Å². The smallest absolute Gasteiger partial charge is 0.317 e. The summed E-state index contributed by atoms with van der Waals surface area (Å²) in [5.74, 6) is 0.671.